The summed E-state index contributed by atoms with van der Waals surface area (Å²) in [5.74, 6) is 0.844. The molecular formula is C13H19N3O2. The molecule has 0 amide bonds. The lowest BCUT2D eigenvalue weighted by molar-refractivity contribution is 0.0696. The fourth-order valence-corrected chi connectivity index (χ4v) is 2.56. The number of hydrogen-bond acceptors (Lipinski definition) is 4. The fourth-order valence-electron chi connectivity index (χ4n) is 2.56. The van der Waals surface area contributed by atoms with Crippen molar-refractivity contribution in [2.24, 2.45) is 11.8 Å². The molecule has 3 unspecified atom stereocenters. The standard InChI is InChI=1S/C13H19N3O2/c1-8-4-9(2)10(3)16(7-8)13-14-5-11(6-15-13)12(17)18/h5-6,8-10H,4,7H2,1-3H3,(H,17,18). The monoisotopic (exact) mass is 249 g/mol. The van der Waals surface area contributed by atoms with E-state index in [2.05, 4.69) is 35.6 Å². The normalized spacial score (nSPS) is 28.2. The van der Waals surface area contributed by atoms with Gasteiger partial charge in [-0.3, -0.25) is 0 Å². The number of piperidine rings is 1. The van der Waals surface area contributed by atoms with Gasteiger partial charge in [0.1, 0.15) is 0 Å². The average molecular weight is 249 g/mol. The van der Waals surface area contributed by atoms with E-state index < -0.39 is 5.97 Å². The van der Waals surface area contributed by atoms with Crippen LogP contribution in [-0.4, -0.2) is 33.6 Å². The third-order valence-electron chi connectivity index (χ3n) is 3.74. The van der Waals surface area contributed by atoms with Gasteiger partial charge in [-0.05, 0) is 25.2 Å². The molecule has 5 nitrogen and oxygen atoms in total. The number of anilines is 1. The molecule has 1 aliphatic heterocycles. The summed E-state index contributed by atoms with van der Waals surface area (Å²) in [6.45, 7) is 7.56. The number of carboxylic acid groups (broad SMARTS) is 1. The van der Waals surface area contributed by atoms with Crippen LogP contribution in [0, 0.1) is 11.8 Å². The molecule has 98 valence electrons. The van der Waals surface area contributed by atoms with E-state index in [9.17, 15) is 4.79 Å². The first-order valence-electron chi connectivity index (χ1n) is 6.31. The second-order valence-corrected chi connectivity index (χ2v) is 5.29. The summed E-state index contributed by atoms with van der Waals surface area (Å²) in [6, 6.07) is 0.386. The highest BCUT2D eigenvalue weighted by Crippen LogP contribution is 2.29. The van der Waals surface area contributed by atoms with Crippen molar-refractivity contribution in [2.45, 2.75) is 33.2 Å². The Hall–Kier alpha value is -1.65. The number of hydrogen-bond donors (Lipinski definition) is 1. The Bertz CT molecular complexity index is 432. The number of aromatic nitrogens is 2. The minimum Gasteiger partial charge on any atom is -0.478 e. The maximum atomic E-state index is 10.8. The predicted molar refractivity (Wildman–Crippen MR) is 68.7 cm³/mol. The minimum absolute atomic E-state index is 0.129. The second-order valence-electron chi connectivity index (χ2n) is 5.29. The van der Waals surface area contributed by atoms with Crippen LogP contribution in [0.25, 0.3) is 0 Å². The molecule has 5 heteroatoms. The van der Waals surface area contributed by atoms with E-state index in [-0.39, 0.29) is 5.56 Å². The highest BCUT2D eigenvalue weighted by molar-refractivity contribution is 5.86. The van der Waals surface area contributed by atoms with E-state index in [1.807, 2.05) is 0 Å². The van der Waals surface area contributed by atoms with Gasteiger partial charge in [0.05, 0.1) is 5.56 Å². The molecule has 18 heavy (non-hydrogen) atoms. The van der Waals surface area contributed by atoms with Crippen LogP contribution in [-0.2, 0) is 0 Å². The van der Waals surface area contributed by atoms with Crippen molar-refractivity contribution in [3.05, 3.63) is 18.0 Å². The SMILES string of the molecule is CC1CC(C)C(C)N(c2ncc(C(=O)O)cn2)C1. The van der Waals surface area contributed by atoms with Gasteiger partial charge in [0.15, 0.2) is 0 Å². The zero-order chi connectivity index (χ0) is 13.3. The topological polar surface area (TPSA) is 66.3 Å². The molecule has 1 aromatic heterocycles. The van der Waals surface area contributed by atoms with E-state index in [0.717, 1.165) is 6.54 Å². The van der Waals surface area contributed by atoms with Gasteiger partial charge in [0.25, 0.3) is 0 Å². The Balaban J connectivity index is 2.21. The molecule has 1 saturated heterocycles. The van der Waals surface area contributed by atoms with E-state index in [0.29, 0.717) is 23.8 Å². The molecule has 3 atom stereocenters. The van der Waals surface area contributed by atoms with Crippen LogP contribution in [0.2, 0.25) is 0 Å². The lowest BCUT2D eigenvalue weighted by atomic mass is 9.86. The van der Waals surface area contributed by atoms with Crippen LogP contribution in [0.15, 0.2) is 12.4 Å². The Labute approximate surface area is 107 Å². The summed E-state index contributed by atoms with van der Waals surface area (Å²) in [5, 5.41) is 8.83. The summed E-state index contributed by atoms with van der Waals surface area (Å²) in [4.78, 5) is 21.3. The van der Waals surface area contributed by atoms with Crippen LogP contribution < -0.4 is 4.90 Å². The summed E-state index contributed by atoms with van der Waals surface area (Å²) in [6.07, 6.45) is 3.97. The Morgan fingerprint density at radius 1 is 1.33 bits per heavy atom. The molecule has 0 spiro atoms. The third kappa shape index (κ3) is 2.44. The molecule has 1 N–H and O–H groups in total. The molecule has 0 saturated carbocycles. The maximum Gasteiger partial charge on any atom is 0.338 e. The van der Waals surface area contributed by atoms with E-state index >= 15 is 0 Å². The fraction of sp³-hybridized carbons (Fsp3) is 0.615. The molecule has 0 radical (unpaired) electrons. The molecule has 2 rings (SSSR count). The van der Waals surface area contributed by atoms with Crippen molar-refractivity contribution < 1.29 is 9.90 Å². The molecule has 1 aromatic rings. The molecular weight excluding hydrogens is 230 g/mol. The number of aromatic carboxylic acids is 1. The smallest absolute Gasteiger partial charge is 0.338 e. The number of nitrogens with zero attached hydrogens (tertiary/aromatic N) is 3. The van der Waals surface area contributed by atoms with Crippen molar-refractivity contribution in [2.75, 3.05) is 11.4 Å². The van der Waals surface area contributed by atoms with Crippen LogP contribution >= 0.6 is 0 Å². The summed E-state index contributed by atoms with van der Waals surface area (Å²) < 4.78 is 0. The molecule has 2 heterocycles. The van der Waals surface area contributed by atoms with Gasteiger partial charge < -0.3 is 10.0 Å². The molecule has 0 bridgehead atoms. The Morgan fingerprint density at radius 2 is 1.94 bits per heavy atom. The molecule has 1 aliphatic rings. The first-order chi connectivity index (χ1) is 8.49. The summed E-state index contributed by atoms with van der Waals surface area (Å²) in [7, 11) is 0. The summed E-state index contributed by atoms with van der Waals surface area (Å²) >= 11 is 0. The lowest BCUT2D eigenvalue weighted by Crippen LogP contribution is -2.46. The lowest BCUT2D eigenvalue weighted by Gasteiger charge is -2.41. The largest absolute Gasteiger partial charge is 0.478 e. The Morgan fingerprint density at radius 3 is 2.50 bits per heavy atom. The highest BCUT2D eigenvalue weighted by Gasteiger charge is 2.30. The van der Waals surface area contributed by atoms with Gasteiger partial charge in [-0.1, -0.05) is 13.8 Å². The van der Waals surface area contributed by atoms with Gasteiger partial charge in [-0.15, -0.1) is 0 Å². The maximum absolute atomic E-state index is 10.8. The van der Waals surface area contributed by atoms with Gasteiger partial charge in [-0.2, -0.15) is 0 Å². The highest BCUT2D eigenvalue weighted by atomic mass is 16.4. The van der Waals surface area contributed by atoms with Crippen molar-refractivity contribution in [3.63, 3.8) is 0 Å². The zero-order valence-electron chi connectivity index (χ0n) is 11.0. The molecule has 1 fully saturated rings. The molecule has 0 aromatic carbocycles. The van der Waals surface area contributed by atoms with Gasteiger partial charge >= 0.3 is 5.97 Å². The number of carboxylic acids is 1. The van der Waals surface area contributed by atoms with E-state index in [1.54, 1.807) is 0 Å². The van der Waals surface area contributed by atoms with Crippen molar-refractivity contribution in [3.8, 4) is 0 Å². The average Bonchev–Trinajstić information content (AvgIpc) is 2.34. The quantitative estimate of drug-likeness (QED) is 0.868. The third-order valence-corrected chi connectivity index (χ3v) is 3.74. The van der Waals surface area contributed by atoms with E-state index in [4.69, 9.17) is 5.11 Å². The van der Waals surface area contributed by atoms with Crippen LogP contribution in [0.3, 0.4) is 0 Å². The van der Waals surface area contributed by atoms with Crippen molar-refractivity contribution in [1.82, 2.24) is 9.97 Å². The second kappa shape index (κ2) is 4.92. The molecule has 0 aliphatic carbocycles. The Kier molecular flexibility index (Phi) is 3.50. The summed E-state index contributed by atoms with van der Waals surface area (Å²) in [5.41, 5.74) is 0.129. The van der Waals surface area contributed by atoms with Gasteiger partial charge in [0, 0.05) is 25.0 Å². The van der Waals surface area contributed by atoms with Crippen LogP contribution in [0.1, 0.15) is 37.6 Å². The van der Waals surface area contributed by atoms with Gasteiger partial charge in [0.2, 0.25) is 5.95 Å². The zero-order valence-corrected chi connectivity index (χ0v) is 11.0. The van der Waals surface area contributed by atoms with Crippen molar-refractivity contribution in [1.29, 1.82) is 0 Å². The van der Waals surface area contributed by atoms with Crippen LogP contribution in [0.4, 0.5) is 5.95 Å². The minimum atomic E-state index is -0.991. The van der Waals surface area contributed by atoms with Crippen LogP contribution in [0.5, 0.6) is 0 Å². The van der Waals surface area contributed by atoms with Gasteiger partial charge in [-0.25, -0.2) is 14.8 Å². The first kappa shape index (κ1) is 12.8. The first-order valence-corrected chi connectivity index (χ1v) is 6.31. The number of carbonyl (C=O) groups is 1. The predicted octanol–water partition coefficient (Wildman–Crippen LogP) is 2.05. The van der Waals surface area contributed by atoms with E-state index in [1.165, 1.54) is 18.8 Å². The van der Waals surface area contributed by atoms with Crippen molar-refractivity contribution >= 4 is 11.9 Å². The number of rotatable bonds is 2.